The highest BCUT2D eigenvalue weighted by molar-refractivity contribution is 5.99. The zero-order chi connectivity index (χ0) is 14.3. The number of carbonyl (C=O) groups is 1. The minimum absolute atomic E-state index is 0.0971. The molecule has 0 atom stereocenters. The summed E-state index contributed by atoms with van der Waals surface area (Å²) in [5.41, 5.74) is 1.68. The fourth-order valence-corrected chi connectivity index (χ4v) is 2.01. The normalized spacial score (nSPS) is 10.6. The summed E-state index contributed by atoms with van der Waals surface area (Å²) < 4.78 is 0. The van der Waals surface area contributed by atoms with E-state index in [2.05, 4.69) is 26.1 Å². The Bertz CT molecular complexity index is 401. The second-order valence-corrected chi connectivity index (χ2v) is 5.28. The van der Waals surface area contributed by atoms with E-state index >= 15 is 0 Å². The Morgan fingerprint density at radius 3 is 2.58 bits per heavy atom. The Hall–Kier alpha value is -1.51. The number of rotatable bonds is 7. The first-order chi connectivity index (χ1) is 9.06. The van der Waals surface area contributed by atoms with E-state index in [9.17, 15) is 4.79 Å². The molecule has 3 nitrogen and oxygen atoms in total. The number of benzene rings is 1. The van der Waals surface area contributed by atoms with Crippen LogP contribution in [0.3, 0.4) is 0 Å². The van der Waals surface area contributed by atoms with Crippen LogP contribution in [-0.2, 0) is 0 Å². The maximum atomic E-state index is 12.4. The molecule has 0 aliphatic heterocycles. The predicted octanol–water partition coefficient (Wildman–Crippen LogP) is 3.77. The van der Waals surface area contributed by atoms with E-state index in [4.69, 9.17) is 0 Å². The second kappa shape index (κ2) is 7.82. The molecule has 0 saturated heterocycles. The number of anilines is 1. The lowest BCUT2D eigenvalue weighted by Crippen LogP contribution is -2.29. The van der Waals surface area contributed by atoms with E-state index in [1.807, 2.05) is 36.2 Å². The lowest BCUT2D eigenvalue weighted by Gasteiger charge is -2.20. The summed E-state index contributed by atoms with van der Waals surface area (Å²) in [6, 6.07) is 8.05. The first-order valence-electron chi connectivity index (χ1n) is 7.17. The molecular weight excluding hydrogens is 236 g/mol. The number of carbonyl (C=O) groups excluding carboxylic acids is 1. The zero-order valence-electron chi connectivity index (χ0n) is 12.6. The van der Waals surface area contributed by atoms with Gasteiger partial charge in [0.1, 0.15) is 0 Å². The zero-order valence-corrected chi connectivity index (χ0v) is 12.6. The van der Waals surface area contributed by atoms with Crippen LogP contribution in [0, 0.1) is 0 Å². The lowest BCUT2D eigenvalue weighted by atomic mass is 10.1. The van der Waals surface area contributed by atoms with E-state index < -0.39 is 0 Å². The van der Waals surface area contributed by atoms with Gasteiger partial charge in [-0.05, 0) is 32.4 Å². The number of hydrogen-bond donors (Lipinski definition) is 1. The summed E-state index contributed by atoms with van der Waals surface area (Å²) in [5, 5.41) is 3.33. The highest BCUT2D eigenvalue weighted by Crippen LogP contribution is 2.18. The van der Waals surface area contributed by atoms with Gasteiger partial charge in [-0.15, -0.1) is 0 Å². The van der Waals surface area contributed by atoms with Crippen molar-refractivity contribution in [2.24, 2.45) is 0 Å². The minimum Gasteiger partial charge on any atom is -0.382 e. The van der Waals surface area contributed by atoms with E-state index in [1.165, 1.54) is 12.8 Å². The van der Waals surface area contributed by atoms with Gasteiger partial charge < -0.3 is 10.2 Å². The van der Waals surface area contributed by atoms with Gasteiger partial charge in [0.05, 0.1) is 5.56 Å². The molecule has 19 heavy (non-hydrogen) atoms. The average Bonchev–Trinajstić information content (AvgIpc) is 2.38. The van der Waals surface area contributed by atoms with Gasteiger partial charge in [0.15, 0.2) is 0 Å². The third-order valence-electron chi connectivity index (χ3n) is 3.05. The highest BCUT2D eigenvalue weighted by atomic mass is 16.2. The molecule has 1 rings (SSSR count). The molecule has 1 aromatic carbocycles. The van der Waals surface area contributed by atoms with Gasteiger partial charge >= 0.3 is 0 Å². The van der Waals surface area contributed by atoms with Gasteiger partial charge in [-0.25, -0.2) is 0 Å². The first kappa shape index (κ1) is 15.5. The average molecular weight is 262 g/mol. The van der Waals surface area contributed by atoms with Gasteiger partial charge in [0.25, 0.3) is 5.91 Å². The number of para-hydroxylation sites is 1. The quantitative estimate of drug-likeness (QED) is 0.759. The van der Waals surface area contributed by atoms with Crippen LogP contribution in [0.4, 0.5) is 5.69 Å². The monoisotopic (exact) mass is 262 g/mol. The SMILES string of the molecule is CCCCCN(C)C(=O)c1ccccc1NC(C)C. The molecule has 0 heterocycles. The molecule has 0 saturated carbocycles. The molecule has 0 unspecified atom stereocenters. The van der Waals surface area contributed by atoms with Gasteiger partial charge in [0, 0.05) is 25.3 Å². The Kier molecular flexibility index (Phi) is 6.40. The van der Waals surface area contributed by atoms with Crippen LogP contribution < -0.4 is 5.32 Å². The van der Waals surface area contributed by atoms with E-state index in [1.54, 1.807) is 0 Å². The van der Waals surface area contributed by atoms with Crippen LogP contribution in [0.25, 0.3) is 0 Å². The largest absolute Gasteiger partial charge is 0.382 e. The number of hydrogen-bond acceptors (Lipinski definition) is 2. The number of unbranched alkanes of at least 4 members (excludes halogenated alkanes) is 2. The third kappa shape index (κ3) is 4.93. The topological polar surface area (TPSA) is 32.3 Å². The van der Waals surface area contributed by atoms with Crippen molar-refractivity contribution in [2.45, 2.75) is 46.1 Å². The fourth-order valence-electron chi connectivity index (χ4n) is 2.01. The van der Waals surface area contributed by atoms with E-state index in [0.29, 0.717) is 6.04 Å². The van der Waals surface area contributed by atoms with Gasteiger partial charge in [-0.2, -0.15) is 0 Å². The smallest absolute Gasteiger partial charge is 0.255 e. The van der Waals surface area contributed by atoms with Crippen molar-refractivity contribution in [3.63, 3.8) is 0 Å². The van der Waals surface area contributed by atoms with Gasteiger partial charge in [0.2, 0.25) is 0 Å². The van der Waals surface area contributed by atoms with Crippen molar-refractivity contribution >= 4 is 11.6 Å². The van der Waals surface area contributed by atoms with Crippen molar-refractivity contribution in [1.29, 1.82) is 0 Å². The standard InChI is InChI=1S/C16H26N2O/c1-5-6-9-12-18(4)16(19)14-10-7-8-11-15(14)17-13(2)3/h7-8,10-11,13,17H,5-6,9,12H2,1-4H3. The number of nitrogens with one attached hydrogen (secondary N) is 1. The van der Waals surface area contributed by atoms with Crippen LogP contribution in [-0.4, -0.2) is 30.4 Å². The summed E-state index contributed by atoms with van der Waals surface area (Å²) in [4.78, 5) is 14.2. The summed E-state index contributed by atoms with van der Waals surface area (Å²) in [5.74, 6) is 0.0971. The summed E-state index contributed by atoms with van der Waals surface area (Å²) >= 11 is 0. The van der Waals surface area contributed by atoms with Crippen molar-refractivity contribution in [3.05, 3.63) is 29.8 Å². The first-order valence-corrected chi connectivity index (χ1v) is 7.17. The molecule has 1 amide bonds. The van der Waals surface area contributed by atoms with Crippen LogP contribution in [0.5, 0.6) is 0 Å². The molecule has 0 aliphatic rings. The second-order valence-electron chi connectivity index (χ2n) is 5.28. The van der Waals surface area contributed by atoms with Gasteiger partial charge in [-0.3, -0.25) is 4.79 Å². The third-order valence-corrected chi connectivity index (χ3v) is 3.05. The van der Waals surface area contributed by atoms with Crippen molar-refractivity contribution in [1.82, 2.24) is 4.90 Å². The molecular formula is C16H26N2O. The maximum absolute atomic E-state index is 12.4. The Morgan fingerprint density at radius 2 is 1.95 bits per heavy atom. The summed E-state index contributed by atoms with van der Waals surface area (Å²) in [7, 11) is 1.88. The molecule has 3 heteroatoms. The molecule has 0 aliphatic carbocycles. The molecule has 0 spiro atoms. The minimum atomic E-state index is 0.0971. The van der Waals surface area contributed by atoms with Crippen molar-refractivity contribution in [2.75, 3.05) is 18.9 Å². The molecule has 1 aromatic rings. The lowest BCUT2D eigenvalue weighted by molar-refractivity contribution is 0.0793. The summed E-state index contributed by atoms with van der Waals surface area (Å²) in [6.07, 6.45) is 3.41. The molecule has 1 N–H and O–H groups in total. The van der Waals surface area contributed by atoms with Gasteiger partial charge in [-0.1, -0.05) is 31.9 Å². The fraction of sp³-hybridized carbons (Fsp3) is 0.562. The van der Waals surface area contributed by atoms with Crippen LogP contribution in [0.2, 0.25) is 0 Å². The van der Waals surface area contributed by atoms with Crippen LogP contribution in [0.15, 0.2) is 24.3 Å². The maximum Gasteiger partial charge on any atom is 0.255 e. The van der Waals surface area contributed by atoms with Crippen LogP contribution >= 0.6 is 0 Å². The van der Waals surface area contributed by atoms with Crippen LogP contribution in [0.1, 0.15) is 50.4 Å². The molecule has 0 fully saturated rings. The van der Waals surface area contributed by atoms with E-state index in [0.717, 1.165) is 24.2 Å². The Balaban J connectivity index is 2.75. The molecule has 0 aromatic heterocycles. The highest BCUT2D eigenvalue weighted by Gasteiger charge is 2.15. The van der Waals surface area contributed by atoms with Crippen molar-refractivity contribution in [3.8, 4) is 0 Å². The van der Waals surface area contributed by atoms with E-state index in [-0.39, 0.29) is 5.91 Å². The predicted molar refractivity (Wildman–Crippen MR) is 81.7 cm³/mol. The number of nitrogens with zero attached hydrogens (tertiary/aromatic N) is 1. The Morgan fingerprint density at radius 1 is 1.26 bits per heavy atom. The Labute approximate surface area is 117 Å². The molecule has 0 bridgehead atoms. The number of amides is 1. The summed E-state index contributed by atoms with van der Waals surface area (Å²) in [6.45, 7) is 7.14. The molecule has 0 radical (unpaired) electrons. The van der Waals surface area contributed by atoms with Crippen molar-refractivity contribution < 1.29 is 4.79 Å². The molecule has 106 valence electrons.